The second kappa shape index (κ2) is 9.96. The molecule has 1 aromatic heterocycles. The Hall–Kier alpha value is -3.85. The van der Waals surface area contributed by atoms with Crippen LogP contribution >= 0.6 is 11.6 Å². The number of hydrogen-bond donors (Lipinski definition) is 2. The van der Waals surface area contributed by atoms with Crippen molar-refractivity contribution in [3.8, 4) is 17.9 Å². The lowest BCUT2D eigenvalue weighted by Gasteiger charge is -2.35. The van der Waals surface area contributed by atoms with Gasteiger partial charge in [0.25, 0.3) is 5.91 Å². The summed E-state index contributed by atoms with van der Waals surface area (Å²) in [6.45, 7) is 4.96. The number of carbonyl (C=O) groups is 1. The number of pyridine rings is 1. The monoisotopic (exact) mass is 476 g/mol. The van der Waals surface area contributed by atoms with Gasteiger partial charge in [-0.15, -0.1) is 0 Å². The molecule has 0 bridgehead atoms. The van der Waals surface area contributed by atoms with E-state index in [2.05, 4.69) is 50.4 Å². The lowest BCUT2D eigenvalue weighted by Crippen LogP contribution is -2.44. The normalized spacial score (nSPS) is 13.7. The zero-order valence-electron chi connectivity index (χ0n) is 18.7. The van der Waals surface area contributed by atoms with Crippen molar-refractivity contribution in [1.29, 1.82) is 5.26 Å². The minimum absolute atomic E-state index is 0.0367. The van der Waals surface area contributed by atoms with E-state index >= 15 is 0 Å². The van der Waals surface area contributed by atoms with Gasteiger partial charge in [0, 0.05) is 43.4 Å². The first-order valence-corrected chi connectivity index (χ1v) is 11.0. The lowest BCUT2D eigenvalue weighted by molar-refractivity contribution is -0.111. The van der Waals surface area contributed by atoms with Gasteiger partial charge in [0.15, 0.2) is 0 Å². The maximum Gasteiger partial charge on any atom is 0.300 e. The van der Waals surface area contributed by atoms with Crippen molar-refractivity contribution in [1.82, 2.24) is 9.88 Å². The van der Waals surface area contributed by atoms with E-state index in [1.807, 2.05) is 6.07 Å². The SMILES string of the molecule is CC#CC(=O)Nc1cc2c(Nc3ccc(F)c(Cl)c3)c(C#N)cnc2cc1N1CCN(C)CC1. The summed E-state index contributed by atoms with van der Waals surface area (Å²) in [7, 11) is 2.07. The molecule has 1 aliphatic heterocycles. The smallest absolute Gasteiger partial charge is 0.300 e. The lowest BCUT2D eigenvalue weighted by atomic mass is 10.1. The average molecular weight is 477 g/mol. The Kier molecular flexibility index (Phi) is 6.83. The van der Waals surface area contributed by atoms with Crippen molar-refractivity contribution in [2.75, 3.05) is 48.8 Å². The number of fused-ring (bicyclic) bond motifs is 1. The highest BCUT2D eigenvalue weighted by molar-refractivity contribution is 6.31. The van der Waals surface area contributed by atoms with Gasteiger partial charge >= 0.3 is 0 Å². The van der Waals surface area contributed by atoms with Gasteiger partial charge in [-0.05, 0) is 50.2 Å². The topological polar surface area (TPSA) is 84.3 Å². The van der Waals surface area contributed by atoms with Crippen LogP contribution in [0, 0.1) is 29.0 Å². The molecule has 0 saturated carbocycles. The molecule has 2 heterocycles. The third-order valence-corrected chi connectivity index (χ3v) is 5.92. The summed E-state index contributed by atoms with van der Waals surface area (Å²) in [4.78, 5) is 21.3. The molecule has 34 heavy (non-hydrogen) atoms. The van der Waals surface area contributed by atoms with Crippen LogP contribution in [0.1, 0.15) is 12.5 Å². The van der Waals surface area contributed by atoms with Gasteiger partial charge in [-0.1, -0.05) is 17.5 Å². The second-order valence-electron chi connectivity index (χ2n) is 7.92. The third kappa shape index (κ3) is 4.89. The second-order valence-corrected chi connectivity index (χ2v) is 8.33. The molecule has 1 saturated heterocycles. The van der Waals surface area contributed by atoms with Crippen LogP contribution in [-0.2, 0) is 4.79 Å². The van der Waals surface area contributed by atoms with Crippen LogP contribution in [0.3, 0.4) is 0 Å². The number of anilines is 4. The zero-order valence-corrected chi connectivity index (χ0v) is 19.5. The van der Waals surface area contributed by atoms with Crippen LogP contribution in [0.5, 0.6) is 0 Å². The Bertz CT molecular complexity index is 1370. The number of likely N-dealkylation sites (N-methyl/N-ethyl adjacent to an activating group) is 1. The molecule has 2 aromatic carbocycles. The Labute approximate surface area is 202 Å². The molecule has 4 rings (SSSR count). The molecule has 172 valence electrons. The fraction of sp³-hybridized carbons (Fsp3) is 0.240. The quantitative estimate of drug-likeness (QED) is 0.544. The maximum absolute atomic E-state index is 13.6. The predicted molar refractivity (Wildman–Crippen MR) is 133 cm³/mol. The van der Waals surface area contributed by atoms with Crippen LogP contribution < -0.4 is 15.5 Å². The Balaban J connectivity index is 1.86. The molecule has 3 aromatic rings. The highest BCUT2D eigenvalue weighted by Gasteiger charge is 2.21. The number of amides is 1. The van der Waals surface area contributed by atoms with Gasteiger partial charge in [-0.25, -0.2) is 4.39 Å². The minimum Gasteiger partial charge on any atom is -0.367 e. The van der Waals surface area contributed by atoms with Gasteiger partial charge in [0.05, 0.1) is 33.2 Å². The molecule has 0 spiro atoms. The molecule has 7 nitrogen and oxygen atoms in total. The summed E-state index contributed by atoms with van der Waals surface area (Å²) in [6.07, 6.45) is 1.49. The number of carbonyl (C=O) groups excluding carboxylic acids is 1. The van der Waals surface area contributed by atoms with Crippen molar-refractivity contribution >= 4 is 51.2 Å². The highest BCUT2D eigenvalue weighted by atomic mass is 35.5. The van der Waals surface area contributed by atoms with Gasteiger partial charge < -0.3 is 20.4 Å². The summed E-state index contributed by atoms with van der Waals surface area (Å²) < 4.78 is 13.6. The number of piperazine rings is 1. The Morgan fingerprint density at radius 1 is 1.21 bits per heavy atom. The predicted octanol–water partition coefficient (Wildman–Crippen LogP) is 4.36. The van der Waals surface area contributed by atoms with Crippen molar-refractivity contribution in [2.24, 2.45) is 0 Å². The molecule has 2 N–H and O–H groups in total. The largest absolute Gasteiger partial charge is 0.367 e. The molecule has 0 unspecified atom stereocenters. The van der Waals surface area contributed by atoms with E-state index in [0.717, 1.165) is 31.9 Å². The van der Waals surface area contributed by atoms with E-state index in [1.165, 1.54) is 24.4 Å². The number of nitrogens with zero attached hydrogens (tertiary/aromatic N) is 4. The highest BCUT2D eigenvalue weighted by Crippen LogP contribution is 2.37. The number of aromatic nitrogens is 1. The number of benzene rings is 2. The zero-order chi connectivity index (χ0) is 24.2. The number of halogens is 2. The van der Waals surface area contributed by atoms with Crippen molar-refractivity contribution < 1.29 is 9.18 Å². The third-order valence-electron chi connectivity index (χ3n) is 5.63. The van der Waals surface area contributed by atoms with E-state index in [-0.39, 0.29) is 5.02 Å². The molecular weight excluding hydrogens is 455 g/mol. The van der Waals surface area contributed by atoms with Crippen LogP contribution in [0.4, 0.5) is 27.1 Å². The van der Waals surface area contributed by atoms with Crippen molar-refractivity contribution in [3.05, 3.63) is 52.9 Å². The van der Waals surface area contributed by atoms with E-state index in [0.29, 0.717) is 33.5 Å². The molecule has 1 amide bonds. The summed E-state index contributed by atoms with van der Waals surface area (Å²) in [5, 5.41) is 16.3. The Morgan fingerprint density at radius 2 is 1.97 bits per heavy atom. The van der Waals surface area contributed by atoms with Crippen molar-refractivity contribution in [3.63, 3.8) is 0 Å². The van der Waals surface area contributed by atoms with E-state index in [9.17, 15) is 14.4 Å². The van der Waals surface area contributed by atoms with Crippen LogP contribution in [0.15, 0.2) is 36.5 Å². The van der Waals surface area contributed by atoms with Gasteiger partial charge in [-0.2, -0.15) is 5.26 Å². The fourth-order valence-corrected chi connectivity index (χ4v) is 4.02. The molecule has 1 fully saturated rings. The van der Waals surface area contributed by atoms with E-state index in [4.69, 9.17) is 11.6 Å². The van der Waals surface area contributed by atoms with Gasteiger partial charge in [-0.3, -0.25) is 9.78 Å². The number of nitrogens with one attached hydrogen (secondary N) is 2. The molecule has 9 heteroatoms. The van der Waals surface area contributed by atoms with Crippen LogP contribution in [0.2, 0.25) is 5.02 Å². The fourth-order valence-electron chi connectivity index (χ4n) is 3.84. The summed E-state index contributed by atoms with van der Waals surface area (Å²) >= 11 is 5.94. The Morgan fingerprint density at radius 3 is 2.65 bits per heavy atom. The van der Waals surface area contributed by atoms with Gasteiger partial charge in [0.2, 0.25) is 0 Å². The van der Waals surface area contributed by atoms with E-state index in [1.54, 1.807) is 13.0 Å². The van der Waals surface area contributed by atoms with Gasteiger partial charge in [0.1, 0.15) is 11.9 Å². The molecule has 0 atom stereocenters. The molecular formula is C25H22ClFN6O. The summed E-state index contributed by atoms with van der Waals surface area (Å²) in [5.74, 6) is 4.15. The number of rotatable bonds is 4. The molecule has 0 radical (unpaired) electrons. The number of nitriles is 1. The first-order valence-electron chi connectivity index (χ1n) is 10.7. The minimum atomic E-state index is -0.536. The van der Waals surface area contributed by atoms with Crippen LogP contribution in [0.25, 0.3) is 10.9 Å². The standard InChI is InChI=1S/C25H22ClFN6O/c1-3-4-24(34)31-22-12-18-21(13-23(22)33-9-7-32(2)8-10-33)29-15-16(14-28)25(18)30-17-5-6-20(27)19(26)11-17/h5-6,11-13,15H,7-10H2,1-2H3,(H,29,30)(H,31,34). The maximum atomic E-state index is 13.6. The first kappa shape index (κ1) is 23.3. The van der Waals surface area contributed by atoms with Crippen molar-refractivity contribution in [2.45, 2.75) is 6.92 Å². The molecule has 1 aliphatic rings. The molecule has 0 aliphatic carbocycles. The van der Waals surface area contributed by atoms with E-state index < -0.39 is 11.7 Å². The summed E-state index contributed by atoms with van der Waals surface area (Å²) in [5.41, 5.74) is 3.34. The summed E-state index contributed by atoms with van der Waals surface area (Å²) in [6, 6.07) is 10.1. The average Bonchev–Trinajstić information content (AvgIpc) is 2.82. The first-order chi connectivity index (χ1) is 16.4. The number of hydrogen-bond acceptors (Lipinski definition) is 6. The van der Waals surface area contributed by atoms with Crippen LogP contribution in [-0.4, -0.2) is 49.0 Å².